The van der Waals surface area contributed by atoms with Crippen molar-refractivity contribution in [3.63, 3.8) is 0 Å². The molecule has 0 aromatic carbocycles. The predicted octanol–water partition coefficient (Wildman–Crippen LogP) is 1.01. The van der Waals surface area contributed by atoms with Crippen molar-refractivity contribution in [2.75, 3.05) is 13.4 Å². The van der Waals surface area contributed by atoms with Gasteiger partial charge < -0.3 is 9.47 Å². The maximum Gasteiger partial charge on any atom is 0.454 e. The Morgan fingerprint density at radius 2 is 2.17 bits per heavy atom. The van der Waals surface area contributed by atoms with Gasteiger partial charge in [-0.3, -0.25) is 4.79 Å². The molecule has 0 aromatic rings. The van der Waals surface area contributed by atoms with Crippen LogP contribution in [0.15, 0.2) is 11.8 Å². The molecule has 12 heavy (non-hydrogen) atoms. The molecule has 0 aliphatic carbocycles. The molecule has 6 heteroatoms. The highest BCUT2D eigenvalue weighted by atomic mass is 19.4. The van der Waals surface area contributed by atoms with Crippen molar-refractivity contribution < 1.29 is 27.4 Å². The van der Waals surface area contributed by atoms with Crippen LogP contribution in [0.1, 0.15) is 0 Å². The fraction of sp³-hybridized carbons (Fsp3) is 0.500. The summed E-state index contributed by atoms with van der Waals surface area (Å²) in [7, 11) is 0. The lowest BCUT2D eigenvalue weighted by atomic mass is 10.3. The predicted molar refractivity (Wildman–Crippen MR) is 31.0 cm³/mol. The third-order valence-corrected chi connectivity index (χ3v) is 1.14. The van der Waals surface area contributed by atoms with Gasteiger partial charge in [0.2, 0.25) is 0 Å². The number of carbonyl (C=O) groups is 1. The van der Waals surface area contributed by atoms with Gasteiger partial charge in [-0.15, -0.1) is 0 Å². The standard InChI is InChI=1S/C6H5F3O3/c7-6(8,9)5(10)1-4-2-11-3-12-4/h1H,2-3H2/b4-1+. The first-order chi connectivity index (χ1) is 5.50. The Kier molecular flexibility index (Phi) is 2.37. The van der Waals surface area contributed by atoms with E-state index < -0.39 is 12.0 Å². The zero-order valence-electron chi connectivity index (χ0n) is 5.85. The molecule has 1 rings (SSSR count). The Labute approximate surface area is 65.8 Å². The second-order valence-corrected chi connectivity index (χ2v) is 2.08. The highest BCUT2D eigenvalue weighted by Gasteiger charge is 2.37. The molecule has 0 bridgehead atoms. The van der Waals surface area contributed by atoms with Crippen molar-refractivity contribution in [2.24, 2.45) is 0 Å². The van der Waals surface area contributed by atoms with Crippen LogP contribution in [0.5, 0.6) is 0 Å². The number of hydrogen-bond acceptors (Lipinski definition) is 3. The van der Waals surface area contributed by atoms with Crippen LogP contribution in [-0.4, -0.2) is 25.4 Å². The minimum absolute atomic E-state index is 0.0815. The van der Waals surface area contributed by atoms with Gasteiger partial charge in [-0.1, -0.05) is 0 Å². The van der Waals surface area contributed by atoms with E-state index in [-0.39, 0.29) is 19.2 Å². The van der Waals surface area contributed by atoms with Gasteiger partial charge in [-0.05, 0) is 0 Å². The van der Waals surface area contributed by atoms with Gasteiger partial charge in [0, 0.05) is 6.08 Å². The fourth-order valence-corrected chi connectivity index (χ4v) is 0.613. The SMILES string of the molecule is O=C(/C=C1\COCO1)C(F)(F)F. The lowest BCUT2D eigenvalue weighted by Crippen LogP contribution is -2.20. The molecule has 68 valence electrons. The summed E-state index contributed by atoms with van der Waals surface area (Å²) in [6.07, 6.45) is -4.44. The van der Waals surface area contributed by atoms with Crippen LogP contribution in [0, 0.1) is 0 Å². The summed E-state index contributed by atoms with van der Waals surface area (Å²) in [4.78, 5) is 10.3. The lowest BCUT2D eigenvalue weighted by molar-refractivity contribution is -0.165. The van der Waals surface area contributed by atoms with E-state index in [4.69, 9.17) is 0 Å². The highest BCUT2D eigenvalue weighted by Crippen LogP contribution is 2.18. The van der Waals surface area contributed by atoms with Crippen LogP contribution < -0.4 is 0 Å². The van der Waals surface area contributed by atoms with Crippen molar-refractivity contribution >= 4 is 5.78 Å². The van der Waals surface area contributed by atoms with E-state index in [2.05, 4.69) is 9.47 Å². The first kappa shape index (κ1) is 9.05. The molecule has 1 fully saturated rings. The smallest absolute Gasteiger partial charge is 0.454 e. The molecular weight excluding hydrogens is 177 g/mol. The van der Waals surface area contributed by atoms with Crippen LogP contribution in [-0.2, 0) is 14.3 Å². The first-order valence-electron chi connectivity index (χ1n) is 3.02. The molecule has 1 saturated heterocycles. The Morgan fingerprint density at radius 1 is 1.50 bits per heavy atom. The zero-order valence-corrected chi connectivity index (χ0v) is 5.85. The quantitative estimate of drug-likeness (QED) is 0.567. The molecule has 0 unspecified atom stereocenters. The van der Waals surface area contributed by atoms with Gasteiger partial charge in [-0.25, -0.2) is 0 Å². The largest absolute Gasteiger partial charge is 0.469 e. The third-order valence-electron chi connectivity index (χ3n) is 1.14. The lowest BCUT2D eigenvalue weighted by Gasteiger charge is -2.00. The van der Waals surface area contributed by atoms with Crippen molar-refractivity contribution in [1.82, 2.24) is 0 Å². The average Bonchev–Trinajstić information content (AvgIpc) is 2.37. The number of ether oxygens (including phenoxy) is 2. The molecule has 0 N–H and O–H groups in total. The van der Waals surface area contributed by atoms with Crippen LogP contribution in [0.3, 0.4) is 0 Å². The summed E-state index contributed by atoms with van der Waals surface area (Å²) < 4.78 is 43.9. The van der Waals surface area contributed by atoms with Crippen LogP contribution in [0.2, 0.25) is 0 Å². The Balaban J connectivity index is 2.60. The second-order valence-electron chi connectivity index (χ2n) is 2.08. The van der Waals surface area contributed by atoms with Crippen LogP contribution in [0.4, 0.5) is 13.2 Å². The van der Waals surface area contributed by atoms with Gasteiger partial charge in [-0.2, -0.15) is 13.2 Å². The molecule has 1 aliphatic heterocycles. The molecule has 1 heterocycles. The first-order valence-corrected chi connectivity index (χ1v) is 3.02. The zero-order chi connectivity index (χ0) is 9.19. The minimum atomic E-state index is -4.83. The number of carbonyl (C=O) groups excluding carboxylic acids is 1. The number of alkyl halides is 3. The van der Waals surface area contributed by atoms with Gasteiger partial charge in [0.05, 0.1) is 0 Å². The van der Waals surface area contributed by atoms with Gasteiger partial charge in [0.15, 0.2) is 6.79 Å². The molecule has 0 amide bonds. The summed E-state index contributed by atoms with van der Waals surface area (Å²) >= 11 is 0. The van der Waals surface area contributed by atoms with Crippen molar-refractivity contribution in [3.05, 3.63) is 11.8 Å². The summed E-state index contributed by atoms with van der Waals surface area (Å²) in [5, 5.41) is 0. The van der Waals surface area contributed by atoms with Gasteiger partial charge in [0.25, 0.3) is 5.78 Å². The molecule has 0 saturated carbocycles. The monoisotopic (exact) mass is 182 g/mol. The average molecular weight is 182 g/mol. The van der Waals surface area contributed by atoms with E-state index in [1.807, 2.05) is 0 Å². The Hall–Kier alpha value is -1.04. The van der Waals surface area contributed by atoms with Crippen LogP contribution >= 0.6 is 0 Å². The van der Waals surface area contributed by atoms with Crippen molar-refractivity contribution in [3.8, 4) is 0 Å². The fourth-order valence-electron chi connectivity index (χ4n) is 0.613. The van der Waals surface area contributed by atoms with Crippen LogP contribution in [0.25, 0.3) is 0 Å². The topological polar surface area (TPSA) is 35.5 Å². The van der Waals surface area contributed by atoms with Crippen molar-refractivity contribution in [1.29, 1.82) is 0 Å². The Morgan fingerprint density at radius 3 is 2.58 bits per heavy atom. The Bertz CT molecular complexity index is 211. The van der Waals surface area contributed by atoms with E-state index in [1.54, 1.807) is 0 Å². The second kappa shape index (κ2) is 3.14. The van der Waals surface area contributed by atoms with E-state index >= 15 is 0 Å². The van der Waals surface area contributed by atoms with Gasteiger partial charge in [0.1, 0.15) is 12.4 Å². The minimum Gasteiger partial charge on any atom is -0.469 e. The number of ketones is 1. The molecule has 0 aromatic heterocycles. The molecule has 1 aliphatic rings. The highest BCUT2D eigenvalue weighted by molar-refractivity contribution is 5.94. The van der Waals surface area contributed by atoms with Gasteiger partial charge >= 0.3 is 6.18 Å². The molecular formula is C6H5F3O3. The summed E-state index contributed by atoms with van der Waals surface area (Å²) in [5.41, 5.74) is 0. The number of rotatable bonds is 1. The summed E-state index contributed by atoms with van der Waals surface area (Å²) in [6, 6.07) is 0. The molecule has 0 spiro atoms. The number of hydrogen-bond donors (Lipinski definition) is 0. The normalized spacial score (nSPS) is 21.1. The maximum atomic E-state index is 11.6. The van der Waals surface area contributed by atoms with E-state index in [0.29, 0.717) is 6.08 Å². The maximum absolute atomic E-state index is 11.6. The third kappa shape index (κ3) is 2.23. The summed E-state index contributed by atoms with van der Waals surface area (Å²) in [5.74, 6) is -2.01. The van der Waals surface area contributed by atoms with Crippen molar-refractivity contribution in [2.45, 2.75) is 6.18 Å². The summed E-state index contributed by atoms with van der Waals surface area (Å²) in [6.45, 7) is -0.182. The molecule has 0 atom stereocenters. The molecule has 0 radical (unpaired) electrons. The molecule has 3 nitrogen and oxygen atoms in total. The number of halogens is 3. The van der Waals surface area contributed by atoms with E-state index in [0.717, 1.165) is 0 Å². The van der Waals surface area contributed by atoms with E-state index in [1.165, 1.54) is 0 Å². The number of allylic oxidation sites excluding steroid dienone is 1. The van der Waals surface area contributed by atoms with E-state index in [9.17, 15) is 18.0 Å².